The number of nitrogens with zero attached hydrogens (tertiary/aromatic N) is 1. The van der Waals surface area contributed by atoms with Crippen molar-refractivity contribution in [2.24, 2.45) is 0 Å². The van der Waals surface area contributed by atoms with Crippen molar-refractivity contribution in [1.82, 2.24) is 10.3 Å². The summed E-state index contributed by atoms with van der Waals surface area (Å²) in [5, 5.41) is 10.4. The summed E-state index contributed by atoms with van der Waals surface area (Å²) in [7, 11) is 0. The average molecular weight is 278 g/mol. The first-order valence-electron chi connectivity index (χ1n) is 4.94. The third-order valence-corrected chi connectivity index (χ3v) is 1.79. The summed E-state index contributed by atoms with van der Waals surface area (Å²) in [6, 6.07) is 2.49. The standard InChI is InChI=1S/C10H9F3N2O4/c11-10(12,13)5-19-9-6(2-1-3-14-9)8(18)15-4-7(16)17/h1-3H,4-5H2,(H,15,18)(H,16,17). The number of amides is 1. The lowest BCUT2D eigenvalue weighted by Crippen LogP contribution is -2.30. The molecule has 2 N–H and O–H groups in total. The predicted octanol–water partition coefficient (Wildman–Crippen LogP) is 0.837. The maximum atomic E-state index is 12.0. The van der Waals surface area contributed by atoms with Crippen molar-refractivity contribution >= 4 is 11.9 Å². The molecule has 6 nitrogen and oxygen atoms in total. The van der Waals surface area contributed by atoms with Gasteiger partial charge >= 0.3 is 12.1 Å². The van der Waals surface area contributed by atoms with Gasteiger partial charge in [-0.2, -0.15) is 13.2 Å². The molecule has 0 bridgehead atoms. The summed E-state index contributed by atoms with van der Waals surface area (Å²) < 4.78 is 40.4. The van der Waals surface area contributed by atoms with Crippen molar-refractivity contribution in [1.29, 1.82) is 0 Å². The Morgan fingerprint density at radius 3 is 2.68 bits per heavy atom. The number of pyridine rings is 1. The molecule has 0 spiro atoms. The molecule has 19 heavy (non-hydrogen) atoms. The number of carbonyl (C=O) groups is 2. The number of carbonyl (C=O) groups excluding carboxylic acids is 1. The lowest BCUT2D eigenvalue weighted by molar-refractivity contribution is -0.154. The van der Waals surface area contributed by atoms with Crippen molar-refractivity contribution in [3.8, 4) is 5.88 Å². The fourth-order valence-corrected chi connectivity index (χ4v) is 1.08. The largest absolute Gasteiger partial charge is 0.480 e. The molecule has 0 saturated carbocycles. The van der Waals surface area contributed by atoms with E-state index in [2.05, 4.69) is 9.72 Å². The smallest absolute Gasteiger partial charge is 0.422 e. The molecule has 1 amide bonds. The van der Waals surface area contributed by atoms with Gasteiger partial charge in [-0.1, -0.05) is 0 Å². The molecule has 1 aromatic rings. The zero-order chi connectivity index (χ0) is 14.5. The highest BCUT2D eigenvalue weighted by Crippen LogP contribution is 2.19. The van der Waals surface area contributed by atoms with Gasteiger partial charge in [0, 0.05) is 6.20 Å². The number of rotatable bonds is 5. The highest BCUT2D eigenvalue weighted by Gasteiger charge is 2.29. The number of carboxylic acid groups (broad SMARTS) is 1. The van der Waals surface area contributed by atoms with E-state index >= 15 is 0 Å². The van der Waals surface area contributed by atoms with E-state index in [4.69, 9.17) is 5.11 Å². The minimum absolute atomic E-state index is 0.270. The monoisotopic (exact) mass is 278 g/mol. The fourth-order valence-electron chi connectivity index (χ4n) is 1.08. The molecule has 1 heterocycles. The third-order valence-electron chi connectivity index (χ3n) is 1.79. The van der Waals surface area contributed by atoms with E-state index in [1.165, 1.54) is 12.1 Å². The van der Waals surface area contributed by atoms with E-state index < -0.39 is 37.1 Å². The van der Waals surface area contributed by atoms with Gasteiger partial charge in [0.1, 0.15) is 12.1 Å². The number of nitrogens with one attached hydrogen (secondary N) is 1. The number of aliphatic carboxylic acids is 1. The molecule has 104 valence electrons. The Labute approximate surface area is 105 Å². The van der Waals surface area contributed by atoms with Crippen molar-refractivity contribution in [2.75, 3.05) is 13.2 Å². The second-order valence-electron chi connectivity index (χ2n) is 3.34. The Kier molecular flexibility index (Phi) is 4.67. The number of aromatic nitrogens is 1. The lowest BCUT2D eigenvalue weighted by Gasteiger charge is -2.11. The first-order chi connectivity index (χ1) is 8.79. The van der Waals surface area contributed by atoms with Crippen molar-refractivity contribution in [2.45, 2.75) is 6.18 Å². The van der Waals surface area contributed by atoms with Crippen LogP contribution in [0.5, 0.6) is 5.88 Å². The van der Waals surface area contributed by atoms with Crippen LogP contribution in [0.4, 0.5) is 13.2 Å². The van der Waals surface area contributed by atoms with E-state index in [1.807, 2.05) is 5.32 Å². The average Bonchev–Trinajstić information content (AvgIpc) is 2.33. The number of halogens is 3. The first-order valence-corrected chi connectivity index (χ1v) is 4.94. The molecular formula is C10H9F3N2O4. The van der Waals surface area contributed by atoms with E-state index in [1.54, 1.807) is 0 Å². The Morgan fingerprint density at radius 1 is 1.42 bits per heavy atom. The van der Waals surface area contributed by atoms with Crippen LogP contribution in [0.1, 0.15) is 10.4 Å². The van der Waals surface area contributed by atoms with Crippen LogP contribution >= 0.6 is 0 Å². The molecular weight excluding hydrogens is 269 g/mol. The van der Waals surface area contributed by atoms with Gasteiger partial charge in [0.15, 0.2) is 6.61 Å². The maximum Gasteiger partial charge on any atom is 0.422 e. The summed E-state index contributed by atoms with van der Waals surface area (Å²) in [4.78, 5) is 25.3. The van der Waals surface area contributed by atoms with Gasteiger partial charge in [-0.15, -0.1) is 0 Å². The molecule has 1 rings (SSSR count). The molecule has 1 aromatic heterocycles. The lowest BCUT2D eigenvalue weighted by atomic mass is 10.2. The van der Waals surface area contributed by atoms with Gasteiger partial charge < -0.3 is 15.2 Å². The summed E-state index contributed by atoms with van der Waals surface area (Å²) in [6.07, 6.45) is -3.41. The van der Waals surface area contributed by atoms with Gasteiger partial charge in [0.2, 0.25) is 5.88 Å². The normalized spacial score (nSPS) is 10.9. The Hall–Kier alpha value is -2.32. The zero-order valence-electron chi connectivity index (χ0n) is 9.40. The fraction of sp³-hybridized carbons (Fsp3) is 0.300. The highest BCUT2D eigenvalue weighted by atomic mass is 19.4. The van der Waals surface area contributed by atoms with E-state index in [-0.39, 0.29) is 5.56 Å². The van der Waals surface area contributed by atoms with Crippen LogP contribution in [0.25, 0.3) is 0 Å². The van der Waals surface area contributed by atoms with Crippen LogP contribution in [0.2, 0.25) is 0 Å². The number of carboxylic acids is 1. The van der Waals surface area contributed by atoms with Crippen LogP contribution in [-0.4, -0.2) is 41.3 Å². The van der Waals surface area contributed by atoms with Crippen LogP contribution in [0.3, 0.4) is 0 Å². The van der Waals surface area contributed by atoms with Crippen LogP contribution in [-0.2, 0) is 4.79 Å². The van der Waals surface area contributed by atoms with Gasteiger partial charge in [-0.3, -0.25) is 9.59 Å². The zero-order valence-corrected chi connectivity index (χ0v) is 9.40. The molecule has 9 heteroatoms. The van der Waals surface area contributed by atoms with Crippen LogP contribution < -0.4 is 10.1 Å². The highest BCUT2D eigenvalue weighted by molar-refractivity contribution is 5.97. The first kappa shape index (κ1) is 14.7. The van der Waals surface area contributed by atoms with Crippen LogP contribution in [0.15, 0.2) is 18.3 Å². The quantitative estimate of drug-likeness (QED) is 0.833. The summed E-state index contributed by atoms with van der Waals surface area (Å²) >= 11 is 0. The molecule has 0 aliphatic carbocycles. The van der Waals surface area contributed by atoms with Gasteiger partial charge in [0.05, 0.1) is 0 Å². The molecule has 0 fully saturated rings. The van der Waals surface area contributed by atoms with Gasteiger partial charge in [0.25, 0.3) is 5.91 Å². The van der Waals surface area contributed by atoms with Crippen molar-refractivity contribution in [3.63, 3.8) is 0 Å². The molecule has 0 unspecified atom stereocenters. The summed E-state index contributed by atoms with van der Waals surface area (Å²) in [5.74, 6) is -2.68. The predicted molar refractivity (Wildman–Crippen MR) is 55.8 cm³/mol. The number of alkyl halides is 3. The second-order valence-corrected chi connectivity index (χ2v) is 3.34. The SMILES string of the molecule is O=C(O)CNC(=O)c1cccnc1OCC(F)(F)F. The number of hydrogen-bond donors (Lipinski definition) is 2. The van der Waals surface area contributed by atoms with Crippen molar-refractivity contribution < 1.29 is 32.6 Å². The minimum atomic E-state index is -4.56. The topological polar surface area (TPSA) is 88.5 Å². The van der Waals surface area contributed by atoms with E-state index in [0.29, 0.717) is 0 Å². The summed E-state index contributed by atoms with van der Waals surface area (Å²) in [6.45, 7) is -2.25. The van der Waals surface area contributed by atoms with Gasteiger partial charge in [-0.05, 0) is 12.1 Å². The van der Waals surface area contributed by atoms with E-state index in [0.717, 1.165) is 6.20 Å². The molecule has 0 aliphatic heterocycles. The summed E-state index contributed by atoms with van der Waals surface area (Å²) in [5.41, 5.74) is -0.270. The molecule has 0 aromatic carbocycles. The van der Waals surface area contributed by atoms with Crippen LogP contribution in [0, 0.1) is 0 Å². The van der Waals surface area contributed by atoms with Gasteiger partial charge in [-0.25, -0.2) is 4.98 Å². The number of ether oxygens (including phenoxy) is 1. The Balaban J connectivity index is 2.77. The minimum Gasteiger partial charge on any atom is -0.480 e. The second kappa shape index (κ2) is 6.03. The number of hydrogen-bond acceptors (Lipinski definition) is 4. The van der Waals surface area contributed by atoms with E-state index in [9.17, 15) is 22.8 Å². The molecule has 0 atom stereocenters. The Bertz CT molecular complexity index is 476. The third kappa shape index (κ3) is 5.23. The molecule has 0 radical (unpaired) electrons. The Morgan fingerprint density at radius 2 is 2.11 bits per heavy atom. The van der Waals surface area contributed by atoms with Crippen molar-refractivity contribution in [3.05, 3.63) is 23.9 Å². The maximum absolute atomic E-state index is 12.0. The molecule has 0 saturated heterocycles. The molecule has 0 aliphatic rings.